The van der Waals surface area contributed by atoms with Gasteiger partial charge in [0.2, 0.25) is 0 Å². The van der Waals surface area contributed by atoms with E-state index in [1.165, 1.54) is 6.92 Å². The standard InChI is InChI=1S/C16H19N3O3/c1-11(2)19-15(7-8-17-19)18-16(21)10-22-14-6-4-5-13(9-14)12(3)20/h4-9,11H,10H2,1-3H3,(H,18,21). The van der Waals surface area contributed by atoms with E-state index in [2.05, 4.69) is 10.4 Å². The van der Waals surface area contributed by atoms with Crippen LogP contribution in [-0.2, 0) is 4.79 Å². The average Bonchev–Trinajstić information content (AvgIpc) is 2.93. The Hall–Kier alpha value is -2.63. The van der Waals surface area contributed by atoms with Crippen molar-refractivity contribution in [3.8, 4) is 5.75 Å². The van der Waals surface area contributed by atoms with Gasteiger partial charge in [-0.05, 0) is 32.9 Å². The van der Waals surface area contributed by atoms with Crippen LogP contribution >= 0.6 is 0 Å². The monoisotopic (exact) mass is 301 g/mol. The van der Waals surface area contributed by atoms with Gasteiger partial charge in [0.25, 0.3) is 5.91 Å². The number of ether oxygens (including phenoxy) is 1. The van der Waals surface area contributed by atoms with Gasteiger partial charge in [0.05, 0.1) is 6.20 Å². The Balaban J connectivity index is 1.94. The molecular weight excluding hydrogens is 282 g/mol. The second-order valence-electron chi connectivity index (χ2n) is 5.18. The van der Waals surface area contributed by atoms with Gasteiger partial charge >= 0.3 is 0 Å². The lowest BCUT2D eigenvalue weighted by atomic mass is 10.1. The number of ketones is 1. The number of anilines is 1. The maximum Gasteiger partial charge on any atom is 0.263 e. The summed E-state index contributed by atoms with van der Waals surface area (Å²) in [5.74, 6) is 0.785. The predicted molar refractivity (Wildman–Crippen MR) is 83.2 cm³/mol. The third-order valence-corrected chi connectivity index (χ3v) is 3.04. The highest BCUT2D eigenvalue weighted by atomic mass is 16.5. The van der Waals surface area contributed by atoms with Crippen molar-refractivity contribution in [1.82, 2.24) is 9.78 Å². The lowest BCUT2D eigenvalue weighted by molar-refractivity contribution is -0.118. The van der Waals surface area contributed by atoms with E-state index in [-0.39, 0.29) is 24.3 Å². The van der Waals surface area contributed by atoms with Gasteiger partial charge in [0, 0.05) is 17.7 Å². The molecule has 0 aliphatic carbocycles. The molecule has 0 unspecified atom stereocenters. The number of aromatic nitrogens is 2. The molecule has 0 aliphatic rings. The lowest BCUT2D eigenvalue weighted by Crippen LogP contribution is -2.22. The highest BCUT2D eigenvalue weighted by molar-refractivity contribution is 5.94. The minimum Gasteiger partial charge on any atom is -0.484 e. The minimum atomic E-state index is -0.282. The molecule has 2 aromatic rings. The molecule has 1 amide bonds. The molecule has 0 radical (unpaired) electrons. The van der Waals surface area contributed by atoms with Crippen molar-refractivity contribution >= 4 is 17.5 Å². The molecule has 0 bridgehead atoms. The van der Waals surface area contributed by atoms with Gasteiger partial charge < -0.3 is 10.1 Å². The molecule has 22 heavy (non-hydrogen) atoms. The fourth-order valence-electron chi connectivity index (χ4n) is 1.96. The molecule has 6 heteroatoms. The summed E-state index contributed by atoms with van der Waals surface area (Å²) in [5, 5.41) is 6.89. The molecule has 1 N–H and O–H groups in total. The number of carbonyl (C=O) groups is 2. The summed E-state index contributed by atoms with van der Waals surface area (Å²) in [6.07, 6.45) is 1.63. The van der Waals surface area contributed by atoms with Gasteiger partial charge in [-0.3, -0.25) is 9.59 Å². The summed E-state index contributed by atoms with van der Waals surface area (Å²) in [6.45, 7) is 5.31. The smallest absolute Gasteiger partial charge is 0.263 e. The molecule has 1 aromatic carbocycles. The van der Waals surface area contributed by atoms with Gasteiger partial charge in [0.15, 0.2) is 12.4 Å². The van der Waals surface area contributed by atoms with E-state index < -0.39 is 0 Å². The maximum absolute atomic E-state index is 11.9. The number of amides is 1. The summed E-state index contributed by atoms with van der Waals surface area (Å²) < 4.78 is 7.13. The van der Waals surface area contributed by atoms with Crippen molar-refractivity contribution in [2.45, 2.75) is 26.8 Å². The first-order chi connectivity index (χ1) is 10.5. The number of Topliss-reactive ketones (excluding diaryl/α,β-unsaturated/α-hetero) is 1. The van der Waals surface area contributed by atoms with Gasteiger partial charge in [-0.15, -0.1) is 0 Å². The summed E-state index contributed by atoms with van der Waals surface area (Å²) in [4.78, 5) is 23.2. The van der Waals surface area contributed by atoms with Crippen molar-refractivity contribution in [2.75, 3.05) is 11.9 Å². The zero-order valence-corrected chi connectivity index (χ0v) is 12.9. The van der Waals surface area contributed by atoms with Crippen LogP contribution in [0.3, 0.4) is 0 Å². The Morgan fingerprint density at radius 1 is 1.32 bits per heavy atom. The fraction of sp³-hybridized carbons (Fsp3) is 0.312. The Labute approximate surface area is 129 Å². The second-order valence-corrected chi connectivity index (χ2v) is 5.18. The van der Waals surface area contributed by atoms with E-state index in [9.17, 15) is 9.59 Å². The first-order valence-electron chi connectivity index (χ1n) is 7.04. The molecule has 0 atom stereocenters. The number of hydrogen-bond acceptors (Lipinski definition) is 4. The van der Waals surface area contributed by atoms with E-state index >= 15 is 0 Å². The van der Waals surface area contributed by atoms with Gasteiger partial charge in [-0.2, -0.15) is 5.10 Å². The van der Waals surface area contributed by atoms with Crippen molar-refractivity contribution in [2.24, 2.45) is 0 Å². The molecule has 0 spiro atoms. The molecule has 2 rings (SSSR count). The number of rotatable bonds is 6. The Bertz CT molecular complexity index is 677. The van der Waals surface area contributed by atoms with Crippen LogP contribution < -0.4 is 10.1 Å². The summed E-state index contributed by atoms with van der Waals surface area (Å²) in [6, 6.07) is 8.63. The molecule has 6 nitrogen and oxygen atoms in total. The summed E-state index contributed by atoms with van der Waals surface area (Å²) in [7, 11) is 0. The molecule has 0 aliphatic heterocycles. The van der Waals surface area contributed by atoms with Crippen LogP contribution in [0.5, 0.6) is 5.75 Å². The molecular formula is C16H19N3O3. The average molecular weight is 301 g/mol. The molecule has 0 saturated heterocycles. The van der Waals surface area contributed by atoms with Crippen LogP contribution in [0.2, 0.25) is 0 Å². The third-order valence-electron chi connectivity index (χ3n) is 3.04. The molecule has 116 valence electrons. The minimum absolute atomic E-state index is 0.0456. The number of nitrogens with zero attached hydrogens (tertiary/aromatic N) is 2. The van der Waals surface area contributed by atoms with E-state index in [1.54, 1.807) is 41.2 Å². The van der Waals surface area contributed by atoms with Crippen LogP contribution in [-0.4, -0.2) is 28.1 Å². The Morgan fingerprint density at radius 3 is 2.77 bits per heavy atom. The van der Waals surface area contributed by atoms with Crippen molar-refractivity contribution in [3.63, 3.8) is 0 Å². The Kier molecular flexibility index (Phi) is 4.93. The van der Waals surface area contributed by atoms with Crippen molar-refractivity contribution < 1.29 is 14.3 Å². The van der Waals surface area contributed by atoms with Crippen LogP contribution in [0.1, 0.15) is 37.2 Å². The van der Waals surface area contributed by atoms with Crippen LogP contribution in [0.25, 0.3) is 0 Å². The lowest BCUT2D eigenvalue weighted by Gasteiger charge is -2.12. The molecule has 1 aromatic heterocycles. The fourth-order valence-corrected chi connectivity index (χ4v) is 1.96. The molecule has 1 heterocycles. The summed E-state index contributed by atoms with van der Waals surface area (Å²) in [5.41, 5.74) is 0.552. The second kappa shape index (κ2) is 6.89. The molecule has 0 fully saturated rings. The van der Waals surface area contributed by atoms with Crippen LogP contribution in [0.4, 0.5) is 5.82 Å². The zero-order chi connectivity index (χ0) is 16.1. The van der Waals surface area contributed by atoms with Crippen LogP contribution in [0.15, 0.2) is 36.5 Å². The predicted octanol–water partition coefficient (Wildman–Crippen LogP) is 2.68. The van der Waals surface area contributed by atoms with Crippen molar-refractivity contribution in [1.29, 1.82) is 0 Å². The quantitative estimate of drug-likeness (QED) is 0.833. The van der Waals surface area contributed by atoms with Gasteiger partial charge in [-0.25, -0.2) is 4.68 Å². The van der Waals surface area contributed by atoms with Crippen molar-refractivity contribution in [3.05, 3.63) is 42.1 Å². The normalized spacial score (nSPS) is 10.5. The highest BCUT2D eigenvalue weighted by Gasteiger charge is 2.10. The number of nitrogens with one attached hydrogen (secondary N) is 1. The highest BCUT2D eigenvalue weighted by Crippen LogP contribution is 2.15. The zero-order valence-electron chi connectivity index (χ0n) is 12.9. The van der Waals surface area contributed by atoms with Gasteiger partial charge in [-0.1, -0.05) is 12.1 Å². The number of carbonyl (C=O) groups excluding carboxylic acids is 2. The van der Waals surface area contributed by atoms with Gasteiger partial charge in [0.1, 0.15) is 11.6 Å². The Morgan fingerprint density at radius 2 is 2.09 bits per heavy atom. The SMILES string of the molecule is CC(=O)c1cccc(OCC(=O)Nc2ccnn2C(C)C)c1. The number of benzene rings is 1. The first kappa shape index (κ1) is 15.8. The largest absolute Gasteiger partial charge is 0.484 e. The van der Waals surface area contributed by atoms with Crippen LogP contribution in [0, 0.1) is 0 Å². The summed E-state index contributed by atoms with van der Waals surface area (Å²) >= 11 is 0. The maximum atomic E-state index is 11.9. The van der Waals surface area contributed by atoms with E-state index in [0.717, 1.165) is 0 Å². The van der Waals surface area contributed by atoms with E-state index in [1.807, 2.05) is 13.8 Å². The molecule has 0 saturated carbocycles. The number of hydrogen-bond donors (Lipinski definition) is 1. The first-order valence-corrected chi connectivity index (χ1v) is 7.04. The third kappa shape index (κ3) is 3.94. The van der Waals surface area contributed by atoms with E-state index in [0.29, 0.717) is 17.1 Å². The topological polar surface area (TPSA) is 73.2 Å². The van der Waals surface area contributed by atoms with E-state index in [4.69, 9.17) is 4.74 Å².